The van der Waals surface area contributed by atoms with Crippen LogP contribution >= 0.6 is 0 Å². The molecule has 0 aromatic heterocycles. The van der Waals surface area contributed by atoms with Crippen LogP contribution in [0.5, 0.6) is 0 Å². The van der Waals surface area contributed by atoms with E-state index in [4.69, 9.17) is 34.5 Å². The fraction of sp³-hybridized carbons (Fsp3) is 0.200. The zero-order valence-corrected chi connectivity index (χ0v) is 14.0. The zero-order valence-electron chi connectivity index (χ0n) is 14.0. The lowest BCUT2D eigenvalue weighted by Crippen LogP contribution is -2.18. The Morgan fingerprint density at radius 3 is 1.00 bits per heavy atom. The Morgan fingerprint density at radius 2 is 1.00 bits per heavy atom. The minimum atomic E-state index is -0.833. The number of methoxy groups -OCH3 is 1. The highest BCUT2D eigenvalue weighted by Crippen LogP contribution is 1.50. The molecule has 0 aliphatic heterocycles. The van der Waals surface area contributed by atoms with E-state index >= 15 is 0 Å². The van der Waals surface area contributed by atoms with E-state index < -0.39 is 12.1 Å². The number of nitrogens with two attached hydrogens (primary N) is 7. The lowest BCUT2D eigenvalue weighted by molar-refractivity contribution is -0.107. The van der Waals surface area contributed by atoms with Crippen LogP contribution in [0.2, 0.25) is 0 Å². The molecule has 0 rings (SSSR count). The lowest BCUT2D eigenvalue weighted by Gasteiger charge is -1.85. The predicted molar refractivity (Wildman–Crippen MR) is 91.5 cm³/mol. The maximum atomic E-state index is 9.00. The van der Waals surface area contributed by atoms with Gasteiger partial charge < -0.3 is 54.8 Å². The van der Waals surface area contributed by atoms with Crippen LogP contribution in [0.4, 0.5) is 9.59 Å². The Balaban J connectivity index is -0.0000000306. The molecule has 16 N–H and O–H groups in total. The van der Waals surface area contributed by atoms with Crippen LogP contribution in [0.1, 0.15) is 6.92 Å². The van der Waals surface area contributed by atoms with Crippen LogP contribution in [0.25, 0.3) is 0 Å². The Hall–Kier alpha value is -4.04. The number of amidine groups is 1. The van der Waals surface area contributed by atoms with Crippen LogP contribution in [-0.2, 0) is 19.1 Å². The summed E-state index contributed by atoms with van der Waals surface area (Å²) < 4.78 is 4.11. The van der Waals surface area contributed by atoms with Gasteiger partial charge in [-0.1, -0.05) is 6.58 Å². The van der Waals surface area contributed by atoms with Crippen LogP contribution in [0.3, 0.4) is 0 Å². The summed E-state index contributed by atoms with van der Waals surface area (Å²) in [6, 6.07) is -1.91. The number of nitrogens with one attached hydrogen (secondary N) is 1. The molecule has 15 heteroatoms. The summed E-state index contributed by atoms with van der Waals surface area (Å²) in [6.07, 6.45) is 2.00. The molecule has 0 aliphatic rings. The van der Waals surface area contributed by atoms with Crippen molar-refractivity contribution in [1.82, 2.24) is 0 Å². The third-order valence-corrected chi connectivity index (χ3v) is 0.220. The van der Waals surface area contributed by atoms with Crippen LogP contribution in [-0.4, -0.2) is 49.4 Å². The molecule has 0 bridgehead atoms. The van der Waals surface area contributed by atoms with Crippen LogP contribution in [0.15, 0.2) is 12.8 Å². The molecule has 0 aliphatic carbocycles. The highest BCUT2D eigenvalue weighted by atomic mass is 16.5. The Kier molecular flexibility index (Phi) is 124. The molecule has 0 spiro atoms. The monoisotopic (exact) mass is 372 g/mol. The minimum Gasteiger partial charge on any atom is -0.516 e. The zero-order chi connectivity index (χ0) is 22.3. The van der Waals surface area contributed by atoms with Gasteiger partial charge in [0.25, 0.3) is 6.02 Å². The van der Waals surface area contributed by atoms with Gasteiger partial charge in [-0.05, 0) is 6.92 Å². The normalized spacial score (nSPS) is 5.20. The molecule has 0 heterocycles. The van der Waals surface area contributed by atoms with E-state index in [1.807, 2.05) is 0 Å². The molecule has 0 aromatic carbocycles. The predicted octanol–water partition coefficient (Wildman–Crippen LogP) is -3.33. The van der Waals surface area contributed by atoms with Gasteiger partial charge in [-0.3, -0.25) is 15.0 Å². The second-order valence-corrected chi connectivity index (χ2v) is 2.06. The number of carbonyl (C=O) groups is 5. The molecule has 25 heavy (non-hydrogen) atoms. The first-order chi connectivity index (χ1) is 11.4. The number of aldehydes is 1. The van der Waals surface area contributed by atoms with Gasteiger partial charge in [0.15, 0.2) is 0 Å². The van der Waals surface area contributed by atoms with Gasteiger partial charge in [0.2, 0.25) is 12.8 Å². The van der Waals surface area contributed by atoms with Crippen molar-refractivity contribution in [2.75, 3.05) is 7.11 Å². The van der Waals surface area contributed by atoms with Crippen molar-refractivity contribution < 1.29 is 33.8 Å². The largest absolute Gasteiger partial charge is 0.516 e. The summed E-state index contributed by atoms with van der Waals surface area (Å²) in [4.78, 5) is 44.0. The van der Waals surface area contributed by atoms with Gasteiger partial charge in [-0.25, -0.2) is 9.59 Å². The Labute approximate surface area is 144 Å². The molecule has 0 saturated carbocycles. The molecular weight excluding hydrogens is 344 g/mol. The van der Waals surface area contributed by atoms with Gasteiger partial charge in [0.1, 0.15) is 6.29 Å². The number of amides is 6. The van der Waals surface area contributed by atoms with E-state index in [9.17, 15) is 0 Å². The molecule has 0 unspecified atom stereocenters. The van der Waals surface area contributed by atoms with Crippen molar-refractivity contribution >= 4 is 37.2 Å². The third-order valence-electron chi connectivity index (χ3n) is 0.220. The molecule has 0 fully saturated rings. The molecule has 15 nitrogen and oxygen atoms in total. The van der Waals surface area contributed by atoms with Gasteiger partial charge >= 0.3 is 12.1 Å². The third kappa shape index (κ3) is 1550. The summed E-state index contributed by atoms with van der Waals surface area (Å²) in [7, 11) is 1.35. The first-order valence-corrected chi connectivity index (χ1v) is 5.33. The SMILES string of the molecule is C=CO.CC=O.COC(=N)N.NC(N)=O.NC(N)=O.NC=O.NC=O. The van der Waals surface area contributed by atoms with Gasteiger partial charge in [0.05, 0.1) is 13.4 Å². The molecule has 0 atom stereocenters. The smallest absolute Gasteiger partial charge is 0.309 e. The fourth-order valence-electron chi connectivity index (χ4n) is 0. The maximum absolute atomic E-state index is 9.00. The van der Waals surface area contributed by atoms with E-state index in [0.29, 0.717) is 0 Å². The summed E-state index contributed by atoms with van der Waals surface area (Å²) in [5.74, 6) is 0. The Morgan fingerprint density at radius 1 is 0.960 bits per heavy atom. The molecule has 0 saturated heterocycles. The summed E-state index contributed by atoms with van der Waals surface area (Å²) in [6.45, 7) is 4.36. The average Bonchev–Trinajstić information content (AvgIpc) is 2.41. The fourth-order valence-corrected chi connectivity index (χ4v) is 0. The Bertz CT molecular complexity index is 282. The lowest BCUT2D eigenvalue weighted by atomic mass is 11.0. The number of aliphatic hydroxyl groups is 1. The van der Waals surface area contributed by atoms with Crippen molar-refractivity contribution in [3.8, 4) is 0 Å². The first-order valence-electron chi connectivity index (χ1n) is 5.33. The number of hydrogen-bond donors (Lipinski definition) is 9. The van der Waals surface area contributed by atoms with Gasteiger partial charge in [-0.2, -0.15) is 0 Å². The van der Waals surface area contributed by atoms with Crippen LogP contribution in [0, 0.1) is 5.41 Å². The standard InChI is InChI=1S/C2H6N2O.2C2H4O.2CH4N2O.2CH3NO/c1-5-2(3)4;2*1-2-3;2*2-1(3)4;2*2-1-3/h1H3,(H3,3,4);2H,1H3;2-3H,1H2;2*(H4,2,3,4);2*1H,(H2,2,3). The van der Waals surface area contributed by atoms with E-state index in [-0.39, 0.29) is 18.8 Å². The van der Waals surface area contributed by atoms with E-state index in [2.05, 4.69) is 51.5 Å². The first kappa shape index (κ1) is 42.8. The molecule has 150 valence electrons. The van der Waals surface area contributed by atoms with Crippen molar-refractivity contribution in [2.45, 2.75) is 6.92 Å². The van der Waals surface area contributed by atoms with E-state index in [1.165, 1.54) is 14.0 Å². The van der Waals surface area contributed by atoms with Crippen molar-refractivity contribution in [1.29, 1.82) is 5.41 Å². The topological polar surface area (TPSA) is 321 Å². The molecule has 0 radical (unpaired) electrons. The molecule has 6 amide bonds. The maximum Gasteiger partial charge on any atom is 0.309 e. The number of ether oxygens (including phenoxy) is 1. The van der Waals surface area contributed by atoms with E-state index in [1.54, 1.807) is 0 Å². The van der Waals surface area contributed by atoms with Crippen molar-refractivity contribution in [3.63, 3.8) is 0 Å². The average molecular weight is 372 g/mol. The number of carbonyl (C=O) groups excluding carboxylic acids is 5. The quantitative estimate of drug-likeness (QED) is 0.0892. The highest BCUT2D eigenvalue weighted by molar-refractivity contribution is 5.69. The van der Waals surface area contributed by atoms with Crippen LogP contribution < -0.4 is 40.1 Å². The molecular formula is C10H28N8O7. The molecule has 0 aromatic rings. The second-order valence-electron chi connectivity index (χ2n) is 2.06. The highest BCUT2D eigenvalue weighted by Gasteiger charge is 1.68. The van der Waals surface area contributed by atoms with Gasteiger partial charge in [-0.15, -0.1) is 0 Å². The number of rotatable bonds is 0. The van der Waals surface area contributed by atoms with Crippen molar-refractivity contribution in [3.05, 3.63) is 12.8 Å². The van der Waals surface area contributed by atoms with Crippen molar-refractivity contribution in [2.24, 2.45) is 40.1 Å². The summed E-state index contributed by atoms with van der Waals surface area (Å²) in [5.41, 5.74) is 30.0. The summed E-state index contributed by atoms with van der Waals surface area (Å²) in [5, 5.41) is 13.6. The van der Waals surface area contributed by atoms with Gasteiger partial charge in [0, 0.05) is 0 Å². The number of aliphatic hydroxyl groups excluding tert-OH is 1. The second kappa shape index (κ2) is 72.3. The number of urea groups is 2. The number of primary amides is 6. The summed E-state index contributed by atoms with van der Waals surface area (Å²) >= 11 is 0. The number of hydrogen-bond acceptors (Lipinski definition) is 8. The van der Waals surface area contributed by atoms with E-state index in [0.717, 1.165) is 12.5 Å². The minimum absolute atomic E-state index is 0.245.